The monoisotopic (exact) mass is 283 g/mol. The Hall–Kier alpha value is -2.24. The highest BCUT2D eigenvalue weighted by atomic mass is 35.5. The van der Waals surface area contributed by atoms with Crippen molar-refractivity contribution in [3.63, 3.8) is 0 Å². The van der Waals surface area contributed by atoms with E-state index in [2.05, 4.69) is 10.9 Å². The minimum absolute atomic E-state index is 0.258. The molecule has 0 atom stereocenters. The zero-order valence-electron chi connectivity index (χ0n) is 11.1. The van der Waals surface area contributed by atoms with Gasteiger partial charge in [-0.3, -0.25) is 4.99 Å². The highest BCUT2D eigenvalue weighted by molar-refractivity contribution is 6.31. The lowest BCUT2D eigenvalue weighted by molar-refractivity contribution is 0.370. The maximum atomic E-state index is 6.07. The minimum Gasteiger partial charge on any atom is -0.481 e. The van der Waals surface area contributed by atoms with E-state index in [9.17, 15) is 0 Å². The van der Waals surface area contributed by atoms with Crippen LogP contribution in [0.15, 0.2) is 47.5 Å². The number of rotatable bonds is 4. The molecule has 0 fully saturated rings. The lowest BCUT2D eigenvalue weighted by Gasteiger charge is -2.03. The summed E-state index contributed by atoms with van der Waals surface area (Å²) in [6.45, 7) is 2.20. The Bertz CT molecular complexity index is 671. The van der Waals surface area contributed by atoms with Gasteiger partial charge in [0.2, 0.25) is 0 Å². The van der Waals surface area contributed by atoms with Crippen LogP contribution in [0, 0.1) is 19.3 Å². The molecular weight excluding hydrogens is 270 g/mol. The summed E-state index contributed by atoms with van der Waals surface area (Å²) in [4.78, 5) is 4.45. The van der Waals surface area contributed by atoms with Crippen LogP contribution in [0.1, 0.15) is 11.1 Å². The molecule has 3 heteroatoms. The molecule has 0 amide bonds. The van der Waals surface area contributed by atoms with Gasteiger partial charge in [-0.1, -0.05) is 35.7 Å². The third-order valence-corrected chi connectivity index (χ3v) is 3.18. The normalized spacial score (nSPS) is 10.4. The first-order valence-corrected chi connectivity index (χ1v) is 6.54. The quantitative estimate of drug-likeness (QED) is 0.601. The molecule has 0 aliphatic rings. The summed E-state index contributed by atoms with van der Waals surface area (Å²) in [5.74, 6) is 3.17. The van der Waals surface area contributed by atoms with Crippen molar-refractivity contribution in [2.24, 2.45) is 4.99 Å². The molecule has 0 unspecified atom stereocenters. The second kappa shape index (κ2) is 6.79. The number of aliphatic imine (C=N–C) groups is 1. The molecule has 0 spiro atoms. The predicted octanol–water partition coefficient (Wildman–Crippen LogP) is 4.41. The molecular formula is C17H14ClNO. The first-order valence-electron chi connectivity index (χ1n) is 6.16. The van der Waals surface area contributed by atoms with E-state index in [1.54, 1.807) is 6.21 Å². The van der Waals surface area contributed by atoms with Crippen LogP contribution in [0.2, 0.25) is 5.02 Å². The zero-order valence-corrected chi connectivity index (χ0v) is 11.9. The maximum absolute atomic E-state index is 6.07. The SMILES string of the molecule is C#CCOc1cccc(C=Nc2cccc(Cl)c2C)c1. The third kappa shape index (κ3) is 3.63. The molecule has 0 aliphatic heterocycles. The number of halogens is 1. The van der Waals surface area contributed by atoms with Gasteiger partial charge in [-0.05, 0) is 42.3 Å². The van der Waals surface area contributed by atoms with Gasteiger partial charge in [0.15, 0.2) is 0 Å². The van der Waals surface area contributed by atoms with Gasteiger partial charge in [0.05, 0.1) is 5.69 Å². The van der Waals surface area contributed by atoms with Crippen molar-refractivity contribution < 1.29 is 4.74 Å². The van der Waals surface area contributed by atoms with Gasteiger partial charge in [-0.2, -0.15) is 0 Å². The average molecular weight is 284 g/mol. The van der Waals surface area contributed by atoms with E-state index in [1.807, 2.05) is 49.4 Å². The average Bonchev–Trinajstić information content (AvgIpc) is 2.47. The summed E-state index contributed by atoms with van der Waals surface area (Å²) < 4.78 is 5.37. The molecule has 0 heterocycles. The van der Waals surface area contributed by atoms with Gasteiger partial charge >= 0.3 is 0 Å². The lowest BCUT2D eigenvalue weighted by atomic mass is 10.2. The molecule has 0 aliphatic carbocycles. The lowest BCUT2D eigenvalue weighted by Crippen LogP contribution is -1.93. The summed E-state index contributed by atoms with van der Waals surface area (Å²) in [5, 5.41) is 0.714. The van der Waals surface area contributed by atoms with Crippen molar-refractivity contribution in [3.8, 4) is 18.1 Å². The van der Waals surface area contributed by atoms with Crippen LogP contribution >= 0.6 is 11.6 Å². The Balaban J connectivity index is 2.19. The Morgan fingerprint density at radius 1 is 1.30 bits per heavy atom. The molecule has 0 N–H and O–H groups in total. The zero-order chi connectivity index (χ0) is 14.4. The third-order valence-electron chi connectivity index (χ3n) is 2.77. The number of nitrogens with zero attached hydrogens (tertiary/aromatic N) is 1. The van der Waals surface area contributed by atoms with Crippen LogP contribution in [0.4, 0.5) is 5.69 Å². The first-order chi connectivity index (χ1) is 9.70. The van der Waals surface area contributed by atoms with E-state index in [-0.39, 0.29) is 6.61 Å². The van der Waals surface area contributed by atoms with Crippen molar-refractivity contribution in [1.82, 2.24) is 0 Å². The summed E-state index contributed by atoms with van der Waals surface area (Å²) in [6.07, 6.45) is 6.95. The molecule has 2 aromatic carbocycles. The van der Waals surface area contributed by atoms with Crippen LogP contribution < -0.4 is 4.74 Å². The smallest absolute Gasteiger partial charge is 0.148 e. The first kappa shape index (κ1) is 14.2. The Morgan fingerprint density at radius 2 is 2.10 bits per heavy atom. The second-order valence-electron chi connectivity index (χ2n) is 4.21. The van der Waals surface area contributed by atoms with E-state index in [0.717, 1.165) is 22.6 Å². The molecule has 0 saturated carbocycles. The Kier molecular flexibility index (Phi) is 4.81. The highest BCUT2D eigenvalue weighted by Crippen LogP contribution is 2.25. The topological polar surface area (TPSA) is 21.6 Å². The van der Waals surface area contributed by atoms with E-state index in [4.69, 9.17) is 22.8 Å². The van der Waals surface area contributed by atoms with E-state index in [0.29, 0.717) is 5.02 Å². The van der Waals surface area contributed by atoms with Gasteiger partial charge < -0.3 is 4.74 Å². The summed E-state index contributed by atoms with van der Waals surface area (Å²) in [7, 11) is 0. The molecule has 0 radical (unpaired) electrons. The van der Waals surface area contributed by atoms with Crippen molar-refractivity contribution in [2.75, 3.05) is 6.61 Å². The summed E-state index contributed by atoms with van der Waals surface area (Å²) in [5.41, 5.74) is 2.76. The van der Waals surface area contributed by atoms with E-state index in [1.165, 1.54) is 0 Å². The number of terminal acetylenes is 1. The molecule has 20 heavy (non-hydrogen) atoms. The van der Waals surface area contributed by atoms with Crippen molar-refractivity contribution in [1.29, 1.82) is 0 Å². The number of hydrogen-bond donors (Lipinski definition) is 0. The van der Waals surface area contributed by atoms with Crippen molar-refractivity contribution in [3.05, 3.63) is 58.6 Å². The standard InChI is InChI=1S/C17H14ClNO/c1-3-10-20-15-7-4-6-14(11-15)12-19-17-9-5-8-16(18)13(17)2/h1,4-9,11-12H,10H2,2H3. The van der Waals surface area contributed by atoms with Gasteiger partial charge in [0, 0.05) is 11.2 Å². The molecule has 0 aromatic heterocycles. The molecule has 100 valence electrons. The fourth-order valence-corrected chi connectivity index (χ4v) is 1.86. The van der Waals surface area contributed by atoms with Gasteiger partial charge in [0.25, 0.3) is 0 Å². The molecule has 2 nitrogen and oxygen atoms in total. The largest absolute Gasteiger partial charge is 0.481 e. The highest BCUT2D eigenvalue weighted by Gasteiger charge is 2.00. The van der Waals surface area contributed by atoms with Gasteiger partial charge in [-0.15, -0.1) is 6.42 Å². The molecule has 2 rings (SSSR count). The van der Waals surface area contributed by atoms with Gasteiger partial charge in [0.1, 0.15) is 12.4 Å². The summed E-state index contributed by atoms with van der Waals surface area (Å²) in [6, 6.07) is 13.3. The van der Waals surface area contributed by atoms with Crippen molar-refractivity contribution >= 4 is 23.5 Å². The molecule has 2 aromatic rings. The Morgan fingerprint density at radius 3 is 2.90 bits per heavy atom. The predicted molar refractivity (Wildman–Crippen MR) is 84.2 cm³/mol. The van der Waals surface area contributed by atoms with Crippen LogP contribution in [-0.4, -0.2) is 12.8 Å². The fraction of sp³-hybridized carbons (Fsp3) is 0.118. The van der Waals surface area contributed by atoms with Crippen LogP contribution in [0.3, 0.4) is 0 Å². The minimum atomic E-state index is 0.258. The second-order valence-corrected chi connectivity index (χ2v) is 4.61. The van der Waals surface area contributed by atoms with Gasteiger partial charge in [-0.25, -0.2) is 0 Å². The van der Waals surface area contributed by atoms with E-state index < -0.39 is 0 Å². The van der Waals surface area contributed by atoms with Crippen molar-refractivity contribution in [2.45, 2.75) is 6.92 Å². The van der Waals surface area contributed by atoms with Crippen LogP contribution in [-0.2, 0) is 0 Å². The van der Waals surface area contributed by atoms with Crippen LogP contribution in [0.25, 0.3) is 0 Å². The number of hydrogen-bond acceptors (Lipinski definition) is 2. The van der Waals surface area contributed by atoms with E-state index >= 15 is 0 Å². The Labute approximate surface area is 124 Å². The summed E-state index contributed by atoms with van der Waals surface area (Å²) >= 11 is 6.07. The fourth-order valence-electron chi connectivity index (χ4n) is 1.69. The molecule has 0 bridgehead atoms. The molecule has 0 saturated heterocycles. The van der Waals surface area contributed by atoms with Crippen LogP contribution in [0.5, 0.6) is 5.75 Å². The maximum Gasteiger partial charge on any atom is 0.148 e. The number of ether oxygens (including phenoxy) is 1. The number of benzene rings is 2.